The van der Waals surface area contributed by atoms with E-state index in [2.05, 4.69) is 42.2 Å². The van der Waals surface area contributed by atoms with E-state index < -0.39 is 0 Å². The van der Waals surface area contributed by atoms with Crippen molar-refractivity contribution in [2.24, 2.45) is 0 Å². The molecule has 2 heterocycles. The molecule has 1 aromatic heterocycles. The Bertz CT molecular complexity index is 635. The molecule has 0 radical (unpaired) electrons. The van der Waals surface area contributed by atoms with Crippen LogP contribution in [-0.4, -0.2) is 18.2 Å². The van der Waals surface area contributed by atoms with Crippen LogP contribution >= 0.6 is 31.9 Å². The Morgan fingerprint density at radius 1 is 1.10 bits per heavy atom. The molecule has 6 heteroatoms. The molecule has 0 bridgehead atoms. The number of aromatic nitrogens is 1. The quantitative estimate of drug-likeness (QED) is 0.792. The summed E-state index contributed by atoms with van der Waals surface area (Å²) in [5.41, 5.74) is 1.91. The average molecular weight is 400 g/mol. The van der Waals surface area contributed by atoms with Gasteiger partial charge in [0, 0.05) is 16.6 Å². The van der Waals surface area contributed by atoms with E-state index in [1.165, 1.54) is 0 Å². The van der Waals surface area contributed by atoms with Gasteiger partial charge in [-0.25, -0.2) is 4.98 Å². The fourth-order valence-electron chi connectivity index (χ4n) is 1.93. The Balaban J connectivity index is 1.77. The Hall–Kier alpha value is -1.27. The highest BCUT2D eigenvalue weighted by Gasteiger charge is 2.14. The Kier molecular flexibility index (Phi) is 4.12. The molecule has 1 aromatic carbocycles. The van der Waals surface area contributed by atoms with Gasteiger partial charge in [-0.3, -0.25) is 0 Å². The number of rotatable bonds is 3. The van der Waals surface area contributed by atoms with Crippen molar-refractivity contribution in [2.45, 2.75) is 6.54 Å². The summed E-state index contributed by atoms with van der Waals surface area (Å²) in [5, 5.41) is 3.34. The van der Waals surface area contributed by atoms with Crippen molar-refractivity contribution in [3.63, 3.8) is 0 Å². The van der Waals surface area contributed by atoms with Crippen LogP contribution in [0.1, 0.15) is 5.69 Å². The third-order valence-corrected chi connectivity index (χ3v) is 3.96. The highest BCUT2D eigenvalue weighted by Crippen LogP contribution is 2.38. The van der Waals surface area contributed by atoms with Crippen molar-refractivity contribution in [3.8, 4) is 11.5 Å². The van der Waals surface area contributed by atoms with Crippen molar-refractivity contribution >= 4 is 37.5 Å². The van der Waals surface area contributed by atoms with Crippen LogP contribution in [0.15, 0.2) is 39.4 Å². The smallest absolute Gasteiger partial charge is 0.163 e. The van der Waals surface area contributed by atoms with E-state index in [0.717, 1.165) is 32.0 Å². The molecule has 2 aromatic rings. The van der Waals surface area contributed by atoms with E-state index in [0.29, 0.717) is 19.8 Å². The molecule has 4 nitrogen and oxygen atoms in total. The predicted molar refractivity (Wildman–Crippen MR) is 84.4 cm³/mol. The molecule has 0 saturated heterocycles. The second kappa shape index (κ2) is 6.01. The molecule has 0 atom stereocenters. The standard InChI is InChI=1S/C14H12Br2N2O2/c15-10-6-12-13(20-5-4-19-12)7-11(10)17-8-9-2-1-3-14(16)18-9/h1-3,6-7,17H,4-5,8H2. The number of anilines is 1. The summed E-state index contributed by atoms with van der Waals surface area (Å²) in [6.07, 6.45) is 0. The number of hydrogen-bond donors (Lipinski definition) is 1. The number of ether oxygens (including phenoxy) is 2. The van der Waals surface area contributed by atoms with Crippen LogP contribution < -0.4 is 14.8 Å². The van der Waals surface area contributed by atoms with Crippen LogP contribution in [0.25, 0.3) is 0 Å². The van der Waals surface area contributed by atoms with Crippen molar-refractivity contribution in [1.82, 2.24) is 4.98 Å². The van der Waals surface area contributed by atoms with Gasteiger partial charge < -0.3 is 14.8 Å². The van der Waals surface area contributed by atoms with Crippen molar-refractivity contribution < 1.29 is 9.47 Å². The lowest BCUT2D eigenvalue weighted by atomic mass is 10.2. The maximum atomic E-state index is 5.58. The van der Waals surface area contributed by atoms with Crippen LogP contribution in [0.3, 0.4) is 0 Å². The molecular weight excluding hydrogens is 388 g/mol. The third kappa shape index (κ3) is 3.07. The third-order valence-electron chi connectivity index (χ3n) is 2.86. The second-order valence-corrected chi connectivity index (χ2v) is 5.95. The Labute approximate surface area is 133 Å². The minimum Gasteiger partial charge on any atom is -0.486 e. The van der Waals surface area contributed by atoms with E-state index in [1.807, 2.05) is 30.3 Å². The summed E-state index contributed by atoms with van der Waals surface area (Å²) >= 11 is 6.90. The maximum Gasteiger partial charge on any atom is 0.163 e. The van der Waals surface area contributed by atoms with Gasteiger partial charge in [0.05, 0.1) is 17.9 Å². The number of benzene rings is 1. The monoisotopic (exact) mass is 398 g/mol. The highest BCUT2D eigenvalue weighted by atomic mass is 79.9. The lowest BCUT2D eigenvalue weighted by molar-refractivity contribution is 0.171. The normalized spacial score (nSPS) is 13.1. The molecule has 3 rings (SSSR count). The first kappa shape index (κ1) is 13.7. The molecule has 0 spiro atoms. The summed E-state index contributed by atoms with van der Waals surface area (Å²) in [4.78, 5) is 4.39. The van der Waals surface area contributed by atoms with Gasteiger partial charge >= 0.3 is 0 Å². The molecule has 0 fully saturated rings. The number of nitrogens with zero attached hydrogens (tertiary/aromatic N) is 1. The van der Waals surface area contributed by atoms with Gasteiger partial charge in [0.2, 0.25) is 0 Å². The summed E-state index contributed by atoms with van der Waals surface area (Å²) in [6.45, 7) is 1.81. The summed E-state index contributed by atoms with van der Waals surface area (Å²) in [6, 6.07) is 9.71. The van der Waals surface area contributed by atoms with E-state index in [-0.39, 0.29) is 0 Å². The molecule has 1 aliphatic rings. The number of pyridine rings is 1. The number of nitrogens with one attached hydrogen (secondary N) is 1. The SMILES string of the molecule is Brc1cccc(CNc2cc3c(cc2Br)OCCO3)n1. The van der Waals surface area contributed by atoms with Gasteiger partial charge in [0.25, 0.3) is 0 Å². The van der Waals surface area contributed by atoms with Crippen LogP contribution in [0.4, 0.5) is 5.69 Å². The minimum absolute atomic E-state index is 0.585. The highest BCUT2D eigenvalue weighted by molar-refractivity contribution is 9.10. The topological polar surface area (TPSA) is 43.4 Å². The van der Waals surface area contributed by atoms with E-state index in [4.69, 9.17) is 9.47 Å². The lowest BCUT2D eigenvalue weighted by Crippen LogP contribution is -2.15. The van der Waals surface area contributed by atoms with Gasteiger partial charge in [-0.05, 0) is 44.0 Å². The maximum absolute atomic E-state index is 5.58. The Morgan fingerprint density at radius 3 is 2.60 bits per heavy atom. The fourth-order valence-corrected chi connectivity index (χ4v) is 2.78. The van der Waals surface area contributed by atoms with Gasteiger partial charge in [0.15, 0.2) is 11.5 Å². The van der Waals surface area contributed by atoms with Gasteiger partial charge in [0.1, 0.15) is 17.8 Å². The second-order valence-electron chi connectivity index (χ2n) is 4.28. The molecule has 0 aliphatic carbocycles. The zero-order valence-corrected chi connectivity index (χ0v) is 13.7. The number of hydrogen-bond acceptors (Lipinski definition) is 4. The summed E-state index contributed by atoms with van der Waals surface area (Å²) in [5.74, 6) is 1.54. The van der Waals surface area contributed by atoms with E-state index in [9.17, 15) is 0 Å². The molecule has 20 heavy (non-hydrogen) atoms. The first-order valence-electron chi connectivity index (χ1n) is 6.17. The van der Waals surface area contributed by atoms with Crippen LogP contribution in [0, 0.1) is 0 Å². The predicted octanol–water partition coefficient (Wildman–Crippen LogP) is 3.99. The molecule has 104 valence electrons. The zero-order chi connectivity index (χ0) is 13.9. The molecular formula is C14H12Br2N2O2. The van der Waals surface area contributed by atoms with Gasteiger partial charge in [-0.2, -0.15) is 0 Å². The minimum atomic E-state index is 0.585. The summed E-state index contributed by atoms with van der Waals surface area (Å²) in [7, 11) is 0. The Morgan fingerprint density at radius 2 is 1.85 bits per heavy atom. The average Bonchev–Trinajstić information content (AvgIpc) is 2.45. The van der Waals surface area contributed by atoms with Crippen molar-refractivity contribution in [3.05, 3.63) is 45.1 Å². The first-order valence-corrected chi connectivity index (χ1v) is 7.75. The molecule has 0 amide bonds. The molecule has 0 saturated carbocycles. The number of fused-ring (bicyclic) bond motifs is 1. The van der Waals surface area contributed by atoms with Crippen molar-refractivity contribution in [1.29, 1.82) is 0 Å². The molecule has 0 unspecified atom stereocenters. The van der Waals surface area contributed by atoms with Crippen LogP contribution in [-0.2, 0) is 6.54 Å². The van der Waals surface area contributed by atoms with Crippen LogP contribution in [0.2, 0.25) is 0 Å². The van der Waals surface area contributed by atoms with Crippen molar-refractivity contribution in [2.75, 3.05) is 18.5 Å². The molecule has 1 aliphatic heterocycles. The fraction of sp³-hybridized carbons (Fsp3) is 0.214. The summed E-state index contributed by atoms with van der Waals surface area (Å²) < 4.78 is 12.9. The first-order chi connectivity index (χ1) is 9.72. The largest absolute Gasteiger partial charge is 0.486 e. The van der Waals surface area contributed by atoms with Crippen LogP contribution in [0.5, 0.6) is 11.5 Å². The van der Waals surface area contributed by atoms with E-state index in [1.54, 1.807) is 0 Å². The van der Waals surface area contributed by atoms with E-state index >= 15 is 0 Å². The number of halogens is 2. The van der Waals surface area contributed by atoms with Gasteiger partial charge in [-0.15, -0.1) is 0 Å². The van der Waals surface area contributed by atoms with Gasteiger partial charge in [-0.1, -0.05) is 6.07 Å². The molecule has 1 N–H and O–H groups in total. The lowest BCUT2D eigenvalue weighted by Gasteiger charge is -2.20. The zero-order valence-electron chi connectivity index (χ0n) is 10.5.